The number of aromatic nitrogens is 1. The Kier molecular flexibility index (Phi) is 2.72. The lowest BCUT2D eigenvalue weighted by Crippen LogP contribution is -1.98. The number of carbonyl (C=O) groups is 1. The molecule has 2 rings (SSSR count). The molecule has 0 unspecified atom stereocenters. The van der Waals surface area contributed by atoms with E-state index in [0.29, 0.717) is 5.69 Å². The molecule has 0 aliphatic carbocycles. The second-order valence-corrected chi connectivity index (χ2v) is 3.54. The number of hydrogen-bond donors (Lipinski definition) is 2. The standard InChI is InChI=1S/C11H8N2O5/c14-10-5-7(1-2-9(10)11(15)16)12-4-3-8(6-12)13(17)18/h1-6,14H,(H,15,16). The van der Waals surface area contributed by atoms with Crippen LogP contribution in [0.4, 0.5) is 5.69 Å². The van der Waals surface area contributed by atoms with Gasteiger partial charge in [-0.2, -0.15) is 0 Å². The van der Waals surface area contributed by atoms with Gasteiger partial charge in [-0.3, -0.25) is 10.1 Å². The van der Waals surface area contributed by atoms with E-state index >= 15 is 0 Å². The average Bonchev–Trinajstić information content (AvgIpc) is 2.77. The van der Waals surface area contributed by atoms with Crippen molar-refractivity contribution in [3.8, 4) is 11.4 Å². The summed E-state index contributed by atoms with van der Waals surface area (Å²) in [6.07, 6.45) is 2.72. The second-order valence-electron chi connectivity index (χ2n) is 3.54. The smallest absolute Gasteiger partial charge is 0.339 e. The number of nitro groups is 1. The van der Waals surface area contributed by atoms with Gasteiger partial charge in [0.15, 0.2) is 0 Å². The van der Waals surface area contributed by atoms with Crippen molar-refractivity contribution in [2.75, 3.05) is 0 Å². The van der Waals surface area contributed by atoms with Gasteiger partial charge in [0.25, 0.3) is 5.69 Å². The Morgan fingerprint density at radius 3 is 2.56 bits per heavy atom. The summed E-state index contributed by atoms with van der Waals surface area (Å²) >= 11 is 0. The third kappa shape index (κ3) is 2.01. The molecule has 1 heterocycles. The molecule has 1 aromatic heterocycles. The molecule has 92 valence electrons. The van der Waals surface area contributed by atoms with E-state index in [9.17, 15) is 20.0 Å². The number of carboxylic acid groups (broad SMARTS) is 1. The maximum absolute atomic E-state index is 10.7. The number of hydrogen-bond acceptors (Lipinski definition) is 4. The molecule has 0 aliphatic rings. The van der Waals surface area contributed by atoms with E-state index < -0.39 is 16.6 Å². The summed E-state index contributed by atoms with van der Waals surface area (Å²) in [5.74, 6) is -1.63. The van der Waals surface area contributed by atoms with Crippen molar-refractivity contribution in [3.05, 3.63) is 52.3 Å². The van der Waals surface area contributed by atoms with E-state index in [1.165, 1.54) is 41.2 Å². The number of phenols is 1. The summed E-state index contributed by atoms with van der Waals surface area (Å²) in [6.45, 7) is 0. The molecular weight excluding hydrogens is 240 g/mol. The molecule has 0 bridgehead atoms. The summed E-state index contributed by atoms with van der Waals surface area (Å²) in [6, 6.07) is 5.22. The van der Waals surface area contributed by atoms with Gasteiger partial charge in [0.05, 0.1) is 11.1 Å². The van der Waals surface area contributed by atoms with Gasteiger partial charge in [0.1, 0.15) is 11.3 Å². The van der Waals surface area contributed by atoms with Crippen LogP contribution in [-0.4, -0.2) is 25.7 Å². The fraction of sp³-hybridized carbons (Fsp3) is 0. The van der Waals surface area contributed by atoms with Gasteiger partial charge < -0.3 is 14.8 Å². The molecule has 0 aliphatic heterocycles. The maximum Gasteiger partial charge on any atom is 0.339 e. The first-order valence-corrected chi connectivity index (χ1v) is 4.88. The van der Waals surface area contributed by atoms with E-state index in [1.54, 1.807) is 0 Å². The normalized spacial score (nSPS) is 10.2. The van der Waals surface area contributed by atoms with Crippen LogP contribution >= 0.6 is 0 Å². The minimum Gasteiger partial charge on any atom is -0.507 e. The molecule has 0 amide bonds. The van der Waals surface area contributed by atoms with Crippen LogP contribution in [0.25, 0.3) is 5.69 Å². The Labute approximate surface area is 101 Å². The Morgan fingerprint density at radius 2 is 2.06 bits per heavy atom. The zero-order valence-corrected chi connectivity index (χ0v) is 8.98. The molecule has 1 aromatic carbocycles. The molecule has 2 N–H and O–H groups in total. The predicted molar refractivity (Wildman–Crippen MR) is 61.0 cm³/mol. The largest absolute Gasteiger partial charge is 0.507 e. The Bertz CT molecular complexity index is 632. The Hall–Kier alpha value is -2.83. The number of aromatic hydroxyl groups is 1. The number of aromatic carboxylic acids is 1. The van der Waals surface area contributed by atoms with Gasteiger partial charge in [-0.15, -0.1) is 0 Å². The van der Waals surface area contributed by atoms with Crippen molar-refractivity contribution in [2.24, 2.45) is 0 Å². The van der Waals surface area contributed by atoms with Crippen LogP contribution in [0, 0.1) is 10.1 Å². The van der Waals surface area contributed by atoms with Crippen molar-refractivity contribution >= 4 is 11.7 Å². The molecular formula is C11H8N2O5. The SMILES string of the molecule is O=C(O)c1ccc(-n2ccc([N+](=O)[O-])c2)cc1O. The third-order valence-electron chi connectivity index (χ3n) is 2.40. The zero-order valence-electron chi connectivity index (χ0n) is 8.98. The number of benzene rings is 1. The molecule has 0 spiro atoms. The van der Waals surface area contributed by atoms with Crippen molar-refractivity contribution in [2.45, 2.75) is 0 Å². The maximum atomic E-state index is 10.7. The highest BCUT2D eigenvalue weighted by Crippen LogP contribution is 2.23. The van der Waals surface area contributed by atoms with Gasteiger partial charge in [-0.1, -0.05) is 0 Å². The van der Waals surface area contributed by atoms with Crippen molar-refractivity contribution in [1.82, 2.24) is 4.57 Å². The molecule has 7 nitrogen and oxygen atoms in total. The molecule has 0 radical (unpaired) electrons. The van der Waals surface area contributed by atoms with Crippen LogP contribution in [0.2, 0.25) is 0 Å². The Morgan fingerprint density at radius 1 is 1.33 bits per heavy atom. The van der Waals surface area contributed by atoms with Crippen LogP contribution in [0.5, 0.6) is 5.75 Å². The van der Waals surface area contributed by atoms with Crippen molar-refractivity contribution in [1.29, 1.82) is 0 Å². The zero-order chi connectivity index (χ0) is 13.3. The van der Waals surface area contributed by atoms with Gasteiger partial charge in [-0.05, 0) is 12.1 Å². The van der Waals surface area contributed by atoms with E-state index in [1.807, 2.05) is 0 Å². The fourth-order valence-electron chi connectivity index (χ4n) is 1.52. The summed E-state index contributed by atoms with van der Waals surface area (Å²) in [4.78, 5) is 20.7. The lowest BCUT2D eigenvalue weighted by Gasteiger charge is -2.04. The third-order valence-corrected chi connectivity index (χ3v) is 2.40. The van der Waals surface area contributed by atoms with E-state index in [-0.39, 0.29) is 11.3 Å². The first-order chi connectivity index (χ1) is 8.49. The van der Waals surface area contributed by atoms with Crippen LogP contribution in [-0.2, 0) is 0 Å². The minimum atomic E-state index is -1.24. The minimum absolute atomic E-state index is 0.0863. The molecule has 0 saturated heterocycles. The average molecular weight is 248 g/mol. The predicted octanol–water partition coefficient (Wildman–Crippen LogP) is 1.79. The van der Waals surface area contributed by atoms with Gasteiger partial charge >= 0.3 is 5.97 Å². The molecule has 18 heavy (non-hydrogen) atoms. The van der Waals surface area contributed by atoms with Crippen LogP contribution in [0.1, 0.15) is 10.4 Å². The molecule has 2 aromatic rings. The van der Waals surface area contributed by atoms with Crippen molar-refractivity contribution < 1.29 is 19.9 Å². The van der Waals surface area contributed by atoms with Crippen LogP contribution < -0.4 is 0 Å². The highest BCUT2D eigenvalue weighted by Gasteiger charge is 2.12. The van der Waals surface area contributed by atoms with Gasteiger partial charge in [0.2, 0.25) is 0 Å². The lowest BCUT2D eigenvalue weighted by atomic mass is 10.2. The van der Waals surface area contributed by atoms with Gasteiger partial charge in [0, 0.05) is 24.0 Å². The van der Waals surface area contributed by atoms with Crippen molar-refractivity contribution in [3.63, 3.8) is 0 Å². The molecule has 0 fully saturated rings. The monoisotopic (exact) mass is 248 g/mol. The molecule has 0 saturated carbocycles. The Balaban J connectivity index is 2.42. The number of nitrogens with zero attached hydrogens (tertiary/aromatic N) is 2. The van der Waals surface area contributed by atoms with Crippen LogP contribution in [0.3, 0.4) is 0 Å². The number of carboxylic acids is 1. The van der Waals surface area contributed by atoms with E-state index in [0.717, 1.165) is 0 Å². The fourth-order valence-corrected chi connectivity index (χ4v) is 1.52. The van der Waals surface area contributed by atoms with Gasteiger partial charge in [-0.25, -0.2) is 4.79 Å². The summed E-state index contributed by atoms with van der Waals surface area (Å²) in [7, 11) is 0. The summed E-state index contributed by atoms with van der Waals surface area (Å²) in [5.41, 5.74) is 0.128. The highest BCUT2D eigenvalue weighted by atomic mass is 16.6. The highest BCUT2D eigenvalue weighted by molar-refractivity contribution is 5.91. The first kappa shape index (κ1) is 11.6. The second kappa shape index (κ2) is 4.21. The quantitative estimate of drug-likeness (QED) is 0.636. The molecule has 0 atom stereocenters. The molecule has 7 heteroatoms. The van der Waals surface area contributed by atoms with E-state index in [2.05, 4.69) is 0 Å². The lowest BCUT2D eigenvalue weighted by molar-refractivity contribution is -0.384. The first-order valence-electron chi connectivity index (χ1n) is 4.88. The summed E-state index contributed by atoms with van der Waals surface area (Å²) in [5, 5.41) is 28.8. The number of rotatable bonds is 3. The van der Waals surface area contributed by atoms with Crippen LogP contribution in [0.15, 0.2) is 36.7 Å². The topological polar surface area (TPSA) is 106 Å². The van der Waals surface area contributed by atoms with E-state index in [4.69, 9.17) is 5.11 Å². The summed E-state index contributed by atoms with van der Waals surface area (Å²) < 4.78 is 1.42.